The van der Waals surface area contributed by atoms with Crippen molar-refractivity contribution in [3.63, 3.8) is 0 Å². The molecular weight excluding hydrogens is 344 g/mol. The van der Waals surface area contributed by atoms with E-state index in [2.05, 4.69) is 40.4 Å². The van der Waals surface area contributed by atoms with Crippen LogP contribution in [0.1, 0.15) is 25.0 Å². The monoisotopic (exact) mass is 368 g/mol. The number of rotatable bonds is 8. The quantitative estimate of drug-likeness (QED) is 0.641. The van der Waals surface area contributed by atoms with E-state index in [1.165, 1.54) is 5.56 Å². The normalized spacial score (nSPS) is 11.0. The SMILES string of the molecule is CC(C)NC(=O)CNCc1cn(Cc2ccccc2)nc1-c1cccs1. The molecule has 0 aliphatic carbocycles. The molecule has 5 nitrogen and oxygen atoms in total. The van der Waals surface area contributed by atoms with Gasteiger partial charge in [-0.05, 0) is 30.9 Å². The smallest absolute Gasteiger partial charge is 0.234 e. The minimum absolute atomic E-state index is 0.00866. The van der Waals surface area contributed by atoms with Gasteiger partial charge in [0.1, 0.15) is 5.69 Å². The average molecular weight is 369 g/mol. The molecule has 3 aromatic rings. The summed E-state index contributed by atoms with van der Waals surface area (Å²) in [6.07, 6.45) is 2.06. The average Bonchev–Trinajstić information content (AvgIpc) is 3.25. The Hall–Kier alpha value is -2.44. The largest absolute Gasteiger partial charge is 0.353 e. The molecule has 0 spiro atoms. The van der Waals surface area contributed by atoms with Crippen LogP contribution in [-0.2, 0) is 17.9 Å². The summed E-state index contributed by atoms with van der Waals surface area (Å²) in [5.41, 5.74) is 3.29. The molecule has 6 heteroatoms. The maximum atomic E-state index is 11.8. The summed E-state index contributed by atoms with van der Waals surface area (Å²) in [6.45, 7) is 5.55. The molecule has 26 heavy (non-hydrogen) atoms. The lowest BCUT2D eigenvalue weighted by Gasteiger charge is -2.09. The van der Waals surface area contributed by atoms with Crippen molar-refractivity contribution in [2.24, 2.45) is 0 Å². The van der Waals surface area contributed by atoms with E-state index >= 15 is 0 Å². The Labute approximate surface area is 158 Å². The van der Waals surface area contributed by atoms with Crippen molar-refractivity contribution < 1.29 is 4.79 Å². The molecule has 2 aromatic heterocycles. The molecule has 136 valence electrons. The Balaban J connectivity index is 1.71. The summed E-state index contributed by atoms with van der Waals surface area (Å²) in [7, 11) is 0. The Kier molecular flexibility index (Phi) is 6.20. The van der Waals surface area contributed by atoms with E-state index in [-0.39, 0.29) is 11.9 Å². The Morgan fingerprint density at radius 3 is 2.69 bits per heavy atom. The molecule has 0 saturated heterocycles. The van der Waals surface area contributed by atoms with Crippen LogP contribution in [0.2, 0.25) is 0 Å². The van der Waals surface area contributed by atoms with Gasteiger partial charge in [0.2, 0.25) is 5.91 Å². The molecule has 1 aromatic carbocycles. The Morgan fingerprint density at radius 1 is 1.19 bits per heavy atom. The number of benzene rings is 1. The first-order valence-electron chi connectivity index (χ1n) is 8.76. The summed E-state index contributed by atoms with van der Waals surface area (Å²) < 4.78 is 1.97. The molecule has 2 heterocycles. The molecule has 0 aliphatic rings. The maximum Gasteiger partial charge on any atom is 0.234 e. The molecule has 0 aliphatic heterocycles. The number of carbonyl (C=O) groups is 1. The molecule has 0 bridgehead atoms. The molecule has 0 unspecified atom stereocenters. The highest BCUT2D eigenvalue weighted by Crippen LogP contribution is 2.26. The van der Waals surface area contributed by atoms with Crippen LogP contribution in [0, 0.1) is 0 Å². The number of carbonyl (C=O) groups excluding carboxylic acids is 1. The minimum atomic E-state index is 0.00866. The predicted octanol–water partition coefficient (Wildman–Crippen LogP) is 3.27. The topological polar surface area (TPSA) is 59.0 Å². The number of nitrogens with one attached hydrogen (secondary N) is 2. The van der Waals surface area contributed by atoms with Crippen molar-refractivity contribution in [3.05, 3.63) is 65.2 Å². The standard InChI is InChI=1S/C20H24N4OS/c1-15(2)22-19(25)12-21-11-17-14-24(13-16-7-4-3-5-8-16)23-20(17)18-9-6-10-26-18/h3-10,14-15,21H,11-13H2,1-2H3,(H,22,25). The van der Waals surface area contributed by atoms with Gasteiger partial charge in [0.15, 0.2) is 0 Å². The van der Waals surface area contributed by atoms with E-state index in [4.69, 9.17) is 5.10 Å². The second kappa shape index (κ2) is 8.78. The molecule has 0 saturated carbocycles. The highest BCUT2D eigenvalue weighted by Gasteiger charge is 2.13. The zero-order valence-electron chi connectivity index (χ0n) is 15.1. The van der Waals surface area contributed by atoms with Crippen molar-refractivity contribution in [3.8, 4) is 10.6 Å². The van der Waals surface area contributed by atoms with Gasteiger partial charge in [-0.2, -0.15) is 5.10 Å². The third kappa shape index (κ3) is 5.03. The third-order valence-electron chi connectivity index (χ3n) is 3.83. The van der Waals surface area contributed by atoms with E-state index in [0.717, 1.165) is 22.7 Å². The number of thiophene rings is 1. The number of hydrogen-bond donors (Lipinski definition) is 2. The Bertz CT molecular complexity index is 825. The number of hydrogen-bond acceptors (Lipinski definition) is 4. The highest BCUT2D eigenvalue weighted by atomic mass is 32.1. The molecule has 0 fully saturated rings. The van der Waals surface area contributed by atoms with Crippen molar-refractivity contribution in [1.29, 1.82) is 0 Å². The third-order valence-corrected chi connectivity index (χ3v) is 4.71. The van der Waals surface area contributed by atoms with Crippen LogP contribution in [0.15, 0.2) is 54.0 Å². The van der Waals surface area contributed by atoms with Gasteiger partial charge in [0.25, 0.3) is 0 Å². The summed E-state index contributed by atoms with van der Waals surface area (Å²) in [6, 6.07) is 14.5. The van der Waals surface area contributed by atoms with Gasteiger partial charge >= 0.3 is 0 Å². The van der Waals surface area contributed by atoms with Gasteiger partial charge in [-0.25, -0.2) is 0 Å². The Morgan fingerprint density at radius 2 is 2.00 bits per heavy atom. The van der Waals surface area contributed by atoms with Crippen molar-refractivity contribution in [1.82, 2.24) is 20.4 Å². The molecular formula is C20H24N4OS. The second-order valence-electron chi connectivity index (χ2n) is 6.49. The second-order valence-corrected chi connectivity index (χ2v) is 7.44. The lowest BCUT2D eigenvalue weighted by Crippen LogP contribution is -2.37. The van der Waals surface area contributed by atoms with E-state index < -0.39 is 0 Å². The molecule has 0 radical (unpaired) electrons. The summed E-state index contributed by atoms with van der Waals surface area (Å²) in [5.74, 6) is 0.00866. The maximum absolute atomic E-state index is 11.8. The fourth-order valence-corrected chi connectivity index (χ4v) is 3.49. The van der Waals surface area contributed by atoms with Crippen LogP contribution in [-0.4, -0.2) is 28.3 Å². The first-order chi connectivity index (χ1) is 12.6. The van der Waals surface area contributed by atoms with Gasteiger partial charge in [-0.1, -0.05) is 36.4 Å². The molecule has 2 N–H and O–H groups in total. The first-order valence-corrected chi connectivity index (χ1v) is 9.64. The zero-order valence-corrected chi connectivity index (χ0v) is 15.9. The van der Waals surface area contributed by atoms with Crippen LogP contribution in [0.5, 0.6) is 0 Å². The lowest BCUT2D eigenvalue weighted by molar-refractivity contribution is -0.120. The fourth-order valence-electron chi connectivity index (χ4n) is 2.75. The van der Waals surface area contributed by atoms with Crippen LogP contribution in [0.4, 0.5) is 0 Å². The predicted molar refractivity (Wildman–Crippen MR) is 106 cm³/mol. The molecule has 0 atom stereocenters. The number of aromatic nitrogens is 2. The molecule has 1 amide bonds. The van der Waals surface area contributed by atoms with E-state index in [1.807, 2.05) is 42.8 Å². The van der Waals surface area contributed by atoms with E-state index in [0.29, 0.717) is 13.1 Å². The van der Waals surface area contributed by atoms with Crippen LogP contribution in [0.25, 0.3) is 10.6 Å². The number of nitrogens with zero attached hydrogens (tertiary/aromatic N) is 2. The lowest BCUT2D eigenvalue weighted by atomic mass is 10.2. The summed E-state index contributed by atoms with van der Waals surface area (Å²) >= 11 is 1.68. The van der Waals surface area contributed by atoms with Gasteiger partial charge in [-0.3, -0.25) is 9.48 Å². The van der Waals surface area contributed by atoms with Gasteiger partial charge < -0.3 is 10.6 Å². The summed E-state index contributed by atoms with van der Waals surface area (Å²) in [5, 5.41) is 12.9. The van der Waals surface area contributed by atoms with Crippen molar-refractivity contribution in [2.75, 3.05) is 6.54 Å². The minimum Gasteiger partial charge on any atom is -0.353 e. The highest BCUT2D eigenvalue weighted by molar-refractivity contribution is 7.13. The molecule has 3 rings (SSSR count). The number of amides is 1. The van der Waals surface area contributed by atoms with Crippen LogP contribution in [0.3, 0.4) is 0 Å². The first kappa shape index (κ1) is 18.4. The summed E-state index contributed by atoms with van der Waals surface area (Å²) in [4.78, 5) is 13.0. The van der Waals surface area contributed by atoms with Crippen molar-refractivity contribution >= 4 is 17.2 Å². The van der Waals surface area contributed by atoms with Gasteiger partial charge in [0.05, 0.1) is 18.0 Å². The zero-order chi connectivity index (χ0) is 18.4. The van der Waals surface area contributed by atoms with E-state index in [1.54, 1.807) is 11.3 Å². The van der Waals surface area contributed by atoms with Gasteiger partial charge in [0, 0.05) is 24.3 Å². The van der Waals surface area contributed by atoms with Gasteiger partial charge in [-0.15, -0.1) is 11.3 Å². The van der Waals surface area contributed by atoms with Crippen molar-refractivity contribution in [2.45, 2.75) is 33.0 Å². The fraction of sp³-hybridized carbons (Fsp3) is 0.300. The van der Waals surface area contributed by atoms with E-state index in [9.17, 15) is 4.79 Å². The van der Waals surface area contributed by atoms with Crippen LogP contribution < -0.4 is 10.6 Å². The van der Waals surface area contributed by atoms with Crippen LogP contribution >= 0.6 is 11.3 Å².